The number of halogens is 2. The van der Waals surface area contributed by atoms with Gasteiger partial charge in [-0.25, -0.2) is 4.39 Å². The molecule has 1 aliphatic heterocycles. The summed E-state index contributed by atoms with van der Waals surface area (Å²) in [5.41, 5.74) is -0.248. The Balaban J connectivity index is 1.78. The Kier molecular flexibility index (Phi) is 4.99. The zero-order valence-electron chi connectivity index (χ0n) is 12.5. The van der Waals surface area contributed by atoms with E-state index in [0.29, 0.717) is 19.8 Å². The third-order valence-corrected chi connectivity index (χ3v) is 5.70. The number of rotatable bonds is 4. The van der Waals surface area contributed by atoms with Crippen LogP contribution in [0.3, 0.4) is 0 Å². The van der Waals surface area contributed by atoms with Crippen molar-refractivity contribution >= 4 is 28.8 Å². The van der Waals surface area contributed by atoms with Gasteiger partial charge in [-0.05, 0) is 36.4 Å². The second-order valence-electron chi connectivity index (χ2n) is 5.65. The van der Waals surface area contributed by atoms with Gasteiger partial charge in [0.2, 0.25) is 0 Å². The van der Waals surface area contributed by atoms with Gasteiger partial charge in [-0.2, -0.15) is 0 Å². The van der Waals surface area contributed by atoms with E-state index in [1.807, 2.05) is 11.4 Å². The Morgan fingerprint density at radius 1 is 1.30 bits per heavy atom. The Bertz CT molecular complexity index is 664. The summed E-state index contributed by atoms with van der Waals surface area (Å²) >= 11 is 7.64. The predicted molar refractivity (Wildman–Crippen MR) is 89.8 cm³/mol. The highest BCUT2D eigenvalue weighted by Gasteiger charge is 2.36. The maximum atomic E-state index is 13.9. The van der Waals surface area contributed by atoms with Crippen molar-refractivity contribution in [2.24, 2.45) is 0 Å². The minimum Gasteiger partial charge on any atom is -0.381 e. The molecular formula is C17H17ClFNO2S. The standard InChI is InChI=1S/C17H17ClFNO2S/c18-12-3-1-4-13(19)15(12)16(21)20-11-17(6-8-22-9-7-17)14-5-2-10-23-14/h1-5,10H,6-9,11H2,(H,20,21). The van der Waals surface area contributed by atoms with E-state index in [1.54, 1.807) is 11.3 Å². The third kappa shape index (κ3) is 3.42. The van der Waals surface area contributed by atoms with Crippen LogP contribution in [0.4, 0.5) is 4.39 Å². The average Bonchev–Trinajstić information content (AvgIpc) is 3.09. The number of hydrogen-bond donors (Lipinski definition) is 1. The molecule has 0 spiro atoms. The fraction of sp³-hybridized carbons (Fsp3) is 0.353. The second kappa shape index (κ2) is 6.99. The first kappa shape index (κ1) is 16.4. The normalized spacial score (nSPS) is 17.0. The molecule has 0 saturated carbocycles. The largest absolute Gasteiger partial charge is 0.381 e. The van der Waals surface area contributed by atoms with E-state index < -0.39 is 11.7 Å². The van der Waals surface area contributed by atoms with Crippen molar-refractivity contribution in [3.63, 3.8) is 0 Å². The number of amides is 1. The lowest BCUT2D eigenvalue weighted by atomic mass is 9.78. The molecule has 2 heterocycles. The van der Waals surface area contributed by atoms with Gasteiger partial charge in [0.15, 0.2) is 0 Å². The molecule has 2 aromatic rings. The van der Waals surface area contributed by atoms with E-state index in [-0.39, 0.29) is 16.0 Å². The smallest absolute Gasteiger partial charge is 0.255 e. The Hall–Kier alpha value is -1.43. The lowest BCUT2D eigenvalue weighted by Crippen LogP contribution is -2.44. The predicted octanol–water partition coefficient (Wildman–Crippen LogP) is 4.02. The Morgan fingerprint density at radius 3 is 2.74 bits per heavy atom. The van der Waals surface area contributed by atoms with Gasteiger partial charge in [0.25, 0.3) is 5.91 Å². The van der Waals surface area contributed by atoms with Crippen molar-refractivity contribution in [2.45, 2.75) is 18.3 Å². The van der Waals surface area contributed by atoms with Crippen LogP contribution in [0.25, 0.3) is 0 Å². The minimum absolute atomic E-state index is 0.0949. The van der Waals surface area contributed by atoms with Crippen LogP contribution in [0.2, 0.25) is 5.02 Å². The maximum Gasteiger partial charge on any atom is 0.255 e. The van der Waals surface area contributed by atoms with Gasteiger partial charge in [0.1, 0.15) is 5.82 Å². The second-order valence-corrected chi connectivity index (χ2v) is 7.00. The fourth-order valence-corrected chi connectivity index (χ4v) is 4.14. The van der Waals surface area contributed by atoms with E-state index in [4.69, 9.17) is 16.3 Å². The molecule has 1 amide bonds. The summed E-state index contributed by atoms with van der Waals surface area (Å²) in [6.07, 6.45) is 1.66. The molecule has 122 valence electrons. The number of carbonyl (C=O) groups excluding carboxylic acids is 1. The van der Waals surface area contributed by atoms with Crippen molar-refractivity contribution in [1.29, 1.82) is 0 Å². The molecule has 1 saturated heterocycles. The topological polar surface area (TPSA) is 38.3 Å². The number of benzene rings is 1. The number of hydrogen-bond acceptors (Lipinski definition) is 3. The molecule has 0 bridgehead atoms. The third-order valence-electron chi connectivity index (χ3n) is 4.27. The lowest BCUT2D eigenvalue weighted by molar-refractivity contribution is 0.0498. The Morgan fingerprint density at radius 2 is 2.09 bits per heavy atom. The van der Waals surface area contributed by atoms with Crippen LogP contribution in [-0.2, 0) is 10.2 Å². The molecule has 0 aliphatic carbocycles. The highest BCUT2D eigenvalue weighted by molar-refractivity contribution is 7.10. The van der Waals surface area contributed by atoms with Crippen LogP contribution in [0.15, 0.2) is 35.7 Å². The number of ether oxygens (including phenoxy) is 1. The van der Waals surface area contributed by atoms with E-state index >= 15 is 0 Å². The van der Waals surface area contributed by atoms with Crippen LogP contribution in [0, 0.1) is 5.82 Å². The van der Waals surface area contributed by atoms with Crippen LogP contribution < -0.4 is 5.32 Å². The van der Waals surface area contributed by atoms with E-state index in [9.17, 15) is 9.18 Å². The highest BCUT2D eigenvalue weighted by Crippen LogP contribution is 2.37. The molecule has 3 nitrogen and oxygen atoms in total. The summed E-state index contributed by atoms with van der Waals surface area (Å²) in [4.78, 5) is 13.6. The van der Waals surface area contributed by atoms with Crippen molar-refractivity contribution in [2.75, 3.05) is 19.8 Å². The van der Waals surface area contributed by atoms with Gasteiger partial charge in [-0.3, -0.25) is 4.79 Å². The number of nitrogens with one attached hydrogen (secondary N) is 1. The van der Waals surface area contributed by atoms with Gasteiger partial charge >= 0.3 is 0 Å². The molecular weight excluding hydrogens is 337 g/mol. The minimum atomic E-state index is -0.604. The fourth-order valence-electron chi connectivity index (χ4n) is 2.91. The summed E-state index contributed by atoms with van der Waals surface area (Å²) in [6.45, 7) is 1.77. The Labute approximate surface area is 143 Å². The van der Waals surface area contributed by atoms with Crippen LogP contribution >= 0.6 is 22.9 Å². The first-order valence-corrected chi connectivity index (χ1v) is 8.72. The molecule has 3 rings (SSSR count). The summed E-state index contributed by atoms with van der Waals surface area (Å²) in [6, 6.07) is 8.33. The average molecular weight is 354 g/mol. The summed E-state index contributed by atoms with van der Waals surface area (Å²) in [5.74, 6) is -1.08. The van der Waals surface area contributed by atoms with E-state index in [1.165, 1.54) is 23.1 Å². The first-order chi connectivity index (χ1) is 11.1. The maximum absolute atomic E-state index is 13.9. The molecule has 0 unspecified atom stereocenters. The highest BCUT2D eigenvalue weighted by atomic mass is 35.5. The van der Waals surface area contributed by atoms with Crippen LogP contribution in [0.5, 0.6) is 0 Å². The zero-order chi connectivity index (χ0) is 16.3. The summed E-state index contributed by atoms with van der Waals surface area (Å²) < 4.78 is 19.3. The monoisotopic (exact) mass is 353 g/mol. The van der Waals surface area contributed by atoms with Gasteiger partial charge < -0.3 is 10.1 Å². The van der Waals surface area contributed by atoms with Crippen LogP contribution in [-0.4, -0.2) is 25.7 Å². The van der Waals surface area contributed by atoms with Gasteiger partial charge in [-0.15, -0.1) is 11.3 Å². The van der Waals surface area contributed by atoms with Crippen molar-refractivity contribution in [1.82, 2.24) is 5.32 Å². The molecule has 1 aromatic heterocycles. The lowest BCUT2D eigenvalue weighted by Gasteiger charge is -2.36. The quantitative estimate of drug-likeness (QED) is 0.901. The van der Waals surface area contributed by atoms with Crippen molar-refractivity contribution in [3.05, 3.63) is 57.0 Å². The van der Waals surface area contributed by atoms with Gasteiger partial charge in [0.05, 0.1) is 10.6 Å². The van der Waals surface area contributed by atoms with E-state index in [0.717, 1.165) is 12.8 Å². The molecule has 6 heteroatoms. The zero-order valence-corrected chi connectivity index (χ0v) is 14.1. The van der Waals surface area contributed by atoms with Crippen molar-refractivity contribution < 1.29 is 13.9 Å². The first-order valence-electron chi connectivity index (χ1n) is 7.46. The number of thiophene rings is 1. The molecule has 1 aromatic carbocycles. The molecule has 1 fully saturated rings. The molecule has 1 N–H and O–H groups in total. The summed E-state index contributed by atoms with van der Waals surface area (Å²) in [7, 11) is 0. The molecule has 23 heavy (non-hydrogen) atoms. The number of carbonyl (C=O) groups is 1. The molecule has 1 aliphatic rings. The van der Waals surface area contributed by atoms with Crippen LogP contribution in [0.1, 0.15) is 28.1 Å². The summed E-state index contributed by atoms with van der Waals surface area (Å²) in [5, 5.41) is 5.02. The van der Waals surface area contributed by atoms with Crippen molar-refractivity contribution in [3.8, 4) is 0 Å². The molecule has 0 atom stereocenters. The molecule has 0 radical (unpaired) electrons. The SMILES string of the molecule is O=C(NCC1(c2cccs2)CCOCC1)c1c(F)cccc1Cl. The van der Waals surface area contributed by atoms with Gasteiger partial charge in [-0.1, -0.05) is 23.7 Å². The van der Waals surface area contributed by atoms with E-state index in [2.05, 4.69) is 11.4 Å². The van der Waals surface area contributed by atoms with Gasteiger partial charge in [0, 0.05) is 30.1 Å².